The first-order chi connectivity index (χ1) is 20.2. The number of aliphatic hydroxyl groups is 1. The Hall–Kier alpha value is -2.21. The normalized spacial score (nSPS) is 19.0. The maximum Gasteiger partial charge on any atom is 0.272 e. The van der Waals surface area contributed by atoms with Gasteiger partial charge in [0.05, 0.1) is 18.8 Å². The van der Waals surface area contributed by atoms with E-state index in [0.29, 0.717) is 12.2 Å². The van der Waals surface area contributed by atoms with E-state index < -0.39 is 16.0 Å². The fraction of sp³-hybridized carbons (Fsp3) is 0.300. The molecule has 1 aromatic heterocycles. The van der Waals surface area contributed by atoms with E-state index >= 15 is 0 Å². The van der Waals surface area contributed by atoms with Crippen LogP contribution in [0.4, 0.5) is 0 Å². The van der Waals surface area contributed by atoms with Crippen LogP contribution in [-0.4, -0.2) is 36.9 Å². The molecule has 0 bridgehead atoms. The summed E-state index contributed by atoms with van der Waals surface area (Å²) in [4.78, 5) is 12.1. The fourth-order valence-electron chi connectivity index (χ4n) is 4.58. The number of nitrogens with zero attached hydrogens (tertiary/aromatic N) is 2. The molecule has 5 rings (SSSR count). The van der Waals surface area contributed by atoms with Crippen LogP contribution in [0.3, 0.4) is 0 Å². The largest absolute Gasteiger partial charge is 0.392 e. The van der Waals surface area contributed by atoms with Gasteiger partial charge in [0.15, 0.2) is 10.6 Å². The molecule has 4 aromatic rings. The third kappa shape index (κ3) is 8.03. The highest BCUT2D eigenvalue weighted by atomic mass is 35.6. The Bertz CT molecular complexity index is 1500. The monoisotopic (exact) mass is 663 g/mol. The minimum atomic E-state index is -2.03. The summed E-state index contributed by atoms with van der Waals surface area (Å²) in [6.07, 6.45) is -0.149. The maximum atomic E-state index is 12.1. The topological polar surface area (TPSA) is 93.6 Å². The quantitative estimate of drug-likeness (QED) is 0.143. The second-order valence-corrected chi connectivity index (χ2v) is 14.4. The molecule has 42 heavy (non-hydrogen) atoms. The predicted octanol–water partition coefficient (Wildman–Crippen LogP) is 7.33. The SMILES string of the molecule is Cc1nnc(SC[C@@H]2C[C@H](c3ccc(CO)cc3)O[C@H](c3ccc(-c4ccccc4CNC(=O)C(Cl)(Cl)Cl)cc3)O2)s1. The zero-order valence-electron chi connectivity index (χ0n) is 22.5. The van der Waals surface area contributed by atoms with Crippen LogP contribution in [0, 0.1) is 6.92 Å². The molecule has 1 saturated heterocycles. The summed E-state index contributed by atoms with van der Waals surface area (Å²) in [6, 6.07) is 23.6. The molecule has 1 fully saturated rings. The number of hydrogen-bond donors (Lipinski definition) is 2. The molecule has 3 aromatic carbocycles. The molecule has 7 nitrogen and oxygen atoms in total. The number of carbonyl (C=O) groups is 1. The lowest BCUT2D eigenvalue weighted by atomic mass is 9.98. The average molecular weight is 665 g/mol. The van der Waals surface area contributed by atoms with Crippen LogP contribution in [0.25, 0.3) is 11.1 Å². The van der Waals surface area contributed by atoms with Crippen LogP contribution in [-0.2, 0) is 27.4 Å². The van der Waals surface area contributed by atoms with Crippen molar-refractivity contribution in [2.24, 2.45) is 0 Å². The van der Waals surface area contributed by atoms with Gasteiger partial charge in [-0.05, 0) is 34.7 Å². The van der Waals surface area contributed by atoms with Crippen LogP contribution < -0.4 is 5.32 Å². The van der Waals surface area contributed by atoms with E-state index in [1.165, 1.54) is 0 Å². The van der Waals surface area contributed by atoms with Gasteiger partial charge >= 0.3 is 0 Å². The highest BCUT2D eigenvalue weighted by molar-refractivity contribution is 8.01. The van der Waals surface area contributed by atoms with E-state index in [4.69, 9.17) is 44.3 Å². The number of hydrogen-bond acceptors (Lipinski definition) is 8. The highest BCUT2D eigenvalue weighted by Crippen LogP contribution is 2.40. The molecule has 1 amide bonds. The average Bonchev–Trinajstić information content (AvgIpc) is 3.43. The summed E-state index contributed by atoms with van der Waals surface area (Å²) >= 11 is 20.3. The first-order valence-electron chi connectivity index (χ1n) is 13.2. The number of benzene rings is 3. The molecular formula is C30H28Cl3N3O4S2. The van der Waals surface area contributed by atoms with Gasteiger partial charge in [0.25, 0.3) is 9.70 Å². The summed E-state index contributed by atoms with van der Waals surface area (Å²) in [5.41, 5.74) is 5.56. The Kier molecular flexibility index (Phi) is 10.4. The first kappa shape index (κ1) is 31.2. The van der Waals surface area contributed by atoms with Gasteiger partial charge in [0.1, 0.15) is 5.01 Å². The maximum absolute atomic E-state index is 12.1. The fourth-order valence-corrected chi connectivity index (χ4v) is 6.64. The number of carbonyl (C=O) groups excluding carboxylic acids is 1. The zero-order chi connectivity index (χ0) is 29.7. The Morgan fingerprint density at radius 3 is 2.40 bits per heavy atom. The van der Waals surface area contributed by atoms with Crippen molar-refractivity contribution < 1.29 is 19.4 Å². The Morgan fingerprint density at radius 1 is 1.02 bits per heavy atom. The minimum absolute atomic E-state index is 0.00712. The molecule has 1 aliphatic rings. The molecule has 0 saturated carbocycles. The number of thioether (sulfide) groups is 1. The number of aliphatic hydroxyl groups excluding tert-OH is 1. The zero-order valence-corrected chi connectivity index (χ0v) is 26.4. The molecule has 12 heteroatoms. The van der Waals surface area contributed by atoms with Gasteiger partial charge in [-0.25, -0.2) is 0 Å². The van der Waals surface area contributed by atoms with Gasteiger partial charge in [-0.3, -0.25) is 4.79 Å². The van der Waals surface area contributed by atoms with Crippen LogP contribution >= 0.6 is 57.9 Å². The lowest BCUT2D eigenvalue weighted by molar-refractivity contribution is -0.245. The van der Waals surface area contributed by atoms with E-state index in [1.54, 1.807) is 23.1 Å². The van der Waals surface area contributed by atoms with Crippen LogP contribution in [0.5, 0.6) is 0 Å². The molecule has 1 aliphatic heterocycles. The van der Waals surface area contributed by atoms with Crippen LogP contribution in [0.15, 0.2) is 77.1 Å². The van der Waals surface area contributed by atoms with Gasteiger partial charge in [-0.15, -0.1) is 10.2 Å². The first-order valence-corrected chi connectivity index (χ1v) is 16.1. The Labute approximate surface area is 267 Å². The molecule has 2 heterocycles. The number of aromatic nitrogens is 2. The molecule has 0 aliphatic carbocycles. The summed E-state index contributed by atoms with van der Waals surface area (Å²) in [5, 5.41) is 21.4. The van der Waals surface area contributed by atoms with E-state index in [1.807, 2.05) is 79.7 Å². The summed E-state index contributed by atoms with van der Waals surface area (Å²) in [6.45, 7) is 2.15. The van der Waals surface area contributed by atoms with Gasteiger partial charge in [0.2, 0.25) is 0 Å². The third-order valence-electron chi connectivity index (χ3n) is 6.72. The number of alkyl halides is 3. The summed E-state index contributed by atoms with van der Waals surface area (Å²) < 4.78 is 11.8. The molecule has 0 unspecified atom stereocenters. The number of halogens is 3. The van der Waals surface area contributed by atoms with E-state index in [2.05, 4.69) is 15.5 Å². The van der Waals surface area contributed by atoms with E-state index in [9.17, 15) is 9.90 Å². The Balaban J connectivity index is 1.34. The van der Waals surface area contributed by atoms with Crippen molar-refractivity contribution in [2.75, 3.05) is 5.75 Å². The van der Waals surface area contributed by atoms with Crippen molar-refractivity contribution in [1.29, 1.82) is 0 Å². The molecule has 0 radical (unpaired) electrons. The number of ether oxygens (including phenoxy) is 2. The van der Waals surface area contributed by atoms with Crippen molar-refractivity contribution >= 4 is 63.8 Å². The van der Waals surface area contributed by atoms with Gasteiger partial charge in [0, 0.05) is 24.3 Å². The molecule has 0 spiro atoms. The number of amides is 1. The number of aryl methyl sites for hydroxylation is 1. The van der Waals surface area contributed by atoms with E-state index in [-0.39, 0.29) is 25.4 Å². The third-order valence-corrected chi connectivity index (χ3v) is 9.34. The smallest absolute Gasteiger partial charge is 0.272 e. The van der Waals surface area contributed by atoms with Crippen molar-refractivity contribution in [3.63, 3.8) is 0 Å². The van der Waals surface area contributed by atoms with Crippen molar-refractivity contribution in [3.05, 3.63) is 100 Å². The second-order valence-electron chi connectivity index (χ2n) is 9.71. The Morgan fingerprint density at radius 2 is 1.74 bits per heavy atom. The van der Waals surface area contributed by atoms with Gasteiger partial charge in [-0.1, -0.05) is 131 Å². The standard InChI is InChI=1S/C30H28Cl3N3O4S2/c1-18-35-36-29(42-18)41-17-24-14-26(21-8-6-19(16-37)7-9-21)40-27(39-24)22-12-10-20(11-13-22)25-5-3-2-4-23(25)15-34-28(38)30(31,32)33/h2-13,24,26-27,37H,14-17H2,1H3,(H,34,38)/t24-,26+,27+/m0/s1. The second kappa shape index (κ2) is 14.1. The lowest BCUT2D eigenvalue weighted by Crippen LogP contribution is -2.34. The molecular weight excluding hydrogens is 637 g/mol. The highest BCUT2D eigenvalue weighted by Gasteiger charge is 2.33. The van der Waals surface area contributed by atoms with Crippen molar-refractivity contribution in [3.8, 4) is 11.1 Å². The minimum Gasteiger partial charge on any atom is -0.392 e. The lowest BCUT2D eigenvalue weighted by Gasteiger charge is -2.36. The summed E-state index contributed by atoms with van der Waals surface area (Å²) in [5.74, 6) is 0.0317. The number of rotatable bonds is 9. The van der Waals surface area contributed by atoms with Crippen molar-refractivity contribution in [1.82, 2.24) is 15.5 Å². The molecule has 220 valence electrons. The summed E-state index contributed by atoms with van der Waals surface area (Å²) in [7, 11) is 0. The molecule has 2 N–H and O–H groups in total. The van der Waals surface area contributed by atoms with Crippen LogP contribution in [0.2, 0.25) is 0 Å². The van der Waals surface area contributed by atoms with Crippen molar-refractivity contribution in [2.45, 2.75) is 53.1 Å². The predicted molar refractivity (Wildman–Crippen MR) is 168 cm³/mol. The van der Waals surface area contributed by atoms with Gasteiger partial charge < -0.3 is 19.9 Å². The van der Waals surface area contributed by atoms with E-state index in [0.717, 1.165) is 42.7 Å². The molecule has 3 atom stereocenters. The van der Waals surface area contributed by atoms with Gasteiger partial charge in [-0.2, -0.15) is 0 Å². The van der Waals surface area contributed by atoms with Crippen LogP contribution in [0.1, 0.15) is 46.1 Å². The number of nitrogens with one attached hydrogen (secondary N) is 1.